The van der Waals surface area contributed by atoms with Gasteiger partial charge in [-0.15, -0.1) is 0 Å². The summed E-state index contributed by atoms with van der Waals surface area (Å²) in [6, 6.07) is 6.03. The third kappa shape index (κ3) is 7.00. The molecule has 0 aliphatic carbocycles. The van der Waals surface area contributed by atoms with Crippen LogP contribution in [0.1, 0.15) is 30.4 Å². The second kappa shape index (κ2) is 11.3. The molecule has 0 amide bonds. The number of β-amino-alcohol motifs (C(OH)–C–C–N with tert-alkyl or cyclic N) is 1. The van der Waals surface area contributed by atoms with Crippen LogP contribution < -0.4 is 9.47 Å². The minimum absolute atomic E-state index is 0.271. The lowest BCUT2D eigenvalue weighted by Crippen LogP contribution is -2.38. The maximum Gasteiger partial charge on any atom is 0.161 e. The molecule has 1 aromatic heterocycles. The molecule has 0 bridgehead atoms. The molecular formula is C23H36N4O3. The molecule has 3 rings (SSSR count). The average Bonchev–Trinajstić information content (AvgIpc) is 3.17. The minimum atomic E-state index is -0.501. The first-order valence-electron chi connectivity index (χ1n) is 10.9. The second-order valence-electron chi connectivity index (χ2n) is 8.32. The largest absolute Gasteiger partial charge is 0.493 e. The topological polar surface area (TPSA) is 63.0 Å². The number of aryl methyl sites for hydroxylation is 1. The van der Waals surface area contributed by atoms with Gasteiger partial charge < -0.3 is 24.4 Å². The van der Waals surface area contributed by atoms with Crippen molar-refractivity contribution in [1.29, 1.82) is 0 Å². The first kappa shape index (κ1) is 22.6. The highest BCUT2D eigenvalue weighted by Gasteiger charge is 2.16. The van der Waals surface area contributed by atoms with E-state index in [1.807, 2.05) is 30.1 Å². The van der Waals surface area contributed by atoms with E-state index in [2.05, 4.69) is 34.2 Å². The maximum atomic E-state index is 10.4. The summed E-state index contributed by atoms with van der Waals surface area (Å²) in [7, 11) is 5.70. The zero-order valence-corrected chi connectivity index (χ0v) is 18.6. The van der Waals surface area contributed by atoms with Crippen molar-refractivity contribution in [1.82, 2.24) is 19.6 Å². The van der Waals surface area contributed by atoms with E-state index < -0.39 is 6.10 Å². The molecule has 30 heavy (non-hydrogen) atoms. The molecular weight excluding hydrogens is 380 g/mol. The number of hydrogen-bond donors (Lipinski definition) is 1. The smallest absolute Gasteiger partial charge is 0.161 e. The molecule has 1 unspecified atom stereocenters. The molecule has 1 saturated heterocycles. The van der Waals surface area contributed by atoms with Gasteiger partial charge in [-0.2, -0.15) is 5.10 Å². The average molecular weight is 417 g/mol. The molecule has 1 aliphatic heterocycles. The third-order valence-corrected chi connectivity index (χ3v) is 5.57. The van der Waals surface area contributed by atoms with Crippen LogP contribution in [-0.2, 0) is 20.0 Å². The fourth-order valence-corrected chi connectivity index (χ4v) is 3.92. The summed E-state index contributed by atoms with van der Waals surface area (Å²) in [6.07, 6.45) is 8.18. The van der Waals surface area contributed by atoms with Crippen molar-refractivity contribution in [3.8, 4) is 11.5 Å². The third-order valence-electron chi connectivity index (χ3n) is 5.57. The standard InChI is InChI=1S/C23H36N4O3/c1-25(12-9-20-14-24-26(2)16-20)15-19-7-8-22(29-3)23(13-19)30-18-21(28)17-27-10-5-4-6-11-27/h7-8,13-14,16,21,28H,4-6,9-12,15,17-18H2,1-3H3. The number of nitrogens with zero attached hydrogens (tertiary/aromatic N) is 4. The number of aromatic nitrogens is 2. The molecule has 1 atom stereocenters. The summed E-state index contributed by atoms with van der Waals surface area (Å²) in [5.41, 5.74) is 2.40. The van der Waals surface area contributed by atoms with Gasteiger partial charge in [0.25, 0.3) is 0 Å². The highest BCUT2D eigenvalue weighted by Crippen LogP contribution is 2.28. The number of hydrogen-bond acceptors (Lipinski definition) is 6. The fourth-order valence-electron chi connectivity index (χ4n) is 3.92. The zero-order valence-electron chi connectivity index (χ0n) is 18.6. The number of rotatable bonds is 11. The number of aliphatic hydroxyl groups excluding tert-OH is 1. The molecule has 1 N–H and O–H groups in total. The molecule has 0 spiro atoms. The van der Waals surface area contributed by atoms with Gasteiger partial charge in [0.1, 0.15) is 12.7 Å². The van der Waals surface area contributed by atoms with Gasteiger partial charge >= 0.3 is 0 Å². The summed E-state index contributed by atoms with van der Waals surface area (Å²) in [5.74, 6) is 1.38. The number of likely N-dealkylation sites (tertiary alicyclic amines) is 1. The summed E-state index contributed by atoms with van der Waals surface area (Å²) in [6.45, 7) is 4.84. The van der Waals surface area contributed by atoms with Crippen molar-refractivity contribution in [3.05, 3.63) is 41.7 Å². The van der Waals surface area contributed by atoms with Gasteiger partial charge in [-0.05, 0) is 62.7 Å². The summed E-state index contributed by atoms with van der Waals surface area (Å²) >= 11 is 0. The van der Waals surface area contributed by atoms with Crippen molar-refractivity contribution < 1.29 is 14.6 Å². The number of methoxy groups -OCH3 is 1. The van der Waals surface area contributed by atoms with Gasteiger partial charge in [0.15, 0.2) is 11.5 Å². The van der Waals surface area contributed by atoms with Crippen LogP contribution in [0.4, 0.5) is 0 Å². The predicted octanol–water partition coefficient (Wildman–Crippen LogP) is 2.33. The summed E-state index contributed by atoms with van der Waals surface area (Å²) in [4.78, 5) is 4.60. The molecule has 2 heterocycles. The van der Waals surface area contributed by atoms with E-state index in [1.165, 1.54) is 24.8 Å². The Morgan fingerprint density at radius 3 is 2.67 bits per heavy atom. The highest BCUT2D eigenvalue weighted by molar-refractivity contribution is 5.43. The van der Waals surface area contributed by atoms with Crippen LogP contribution in [0.3, 0.4) is 0 Å². The first-order chi connectivity index (χ1) is 14.5. The molecule has 1 aliphatic rings. The van der Waals surface area contributed by atoms with E-state index >= 15 is 0 Å². The Morgan fingerprint density at radius 1 is 1.17 bits per heavy atom. The van der Waals surface area contributed by atoms with E-state index in [-0.39, 0.29) is 6.61 Å². The van der Waals surface area contributed by atoms with E-state index in [1.54, 1.807) is 7.11 Å². The van der Waals surface area contributed by atoms with Crippen LogP contribution in [0.15, 0.2) is 30.6 Å². The molecule has 2 aromatic rings. The molecule has 1 aromatic carbocycles. The van der Waals surface area contributed by atoms with Gasteiger partial charge in [-0.3, -0.25) is 4.68 Å². The quantitative estimate of drug-likeness (QED) is 0.607. The Hall–Kier alpha value is -2.09. The van der Waals surface area contributed by atoms with Crippen LogP contribution >= 0.6 is 0 Å². The van der Waals surface area contributed by atoms with Gasteiger partial charge in [-0.1, -0.05) is 12.5 Å². The normalized spacial score (nSPS) is 16.0. The SMILES string of the molecule is COc1ccc(CN(C)CCc2cnn(C)c2)cc1OCC(O)CN1CCCCC1. The van der Waals surface area contributed by atoms with E-state index in [0.29, 0.717) is 18.0 Å². The number of likely N-dealkylation sites (N-methyl/N-ethyl adjacent to an activating group) is 1. The Bertz CT molecular complexity index is 774. The summed E-state index contributed by atoms with van der Waals surface area (Å²) in [5, 5.41) is 14.6. The van der Waals surface area contributed by atoms with Crippen molar-refractivity contribution in [2.24, 2.45) is 7.05 Å². The van der Waals surface area contributed by atoms with Crippen LogP contribution in [0, 0.1) is 0 Å². The van der Waals surface area contributed by atoms with Crippen molar-refractivity contribution in [3.63, 3.8) is 0 Å². The van der Waals surface area contributed by atoms with Gasteiger partial charge in [0.05, 0.1) is 13.3 Å². The highest BCUT2D eigenvalue weighted by atomic mass is 16.5. The molecule has 0 radical (unpaired) electrons. The zero-order chi connectivity index (χ0) is 21.3. The molecule has 0 saturated carbocycles. The number of ether oxygens (including phenoxy) is 2. The molecule has 7 nitrogen and oxygen atoms in total. The number of benzene rings is 1. The Morgan fingerprint density at radius 2 is 1.97 bits per heavy atom. The fraction of sp³-hybridized carbons (Fsp3) is 0.609. The van der Waals surface area contributed by atoms with E-state index in [9.17, 15) is 5.11 Å². The van der Waals surface area contributed by atoms with Crippen LogP contribution in [0.25, 0.3) is 0 Å². The van der Waals surface area contributed by atoms with Crippen molar-refractivity contribution in [2.75, 3.05) is 46.9 Å². The van der Waals surface area contributed by atoms with Crippen molar-refractivity contribution in [2.45, 2.75) is 38.3 Å². The van der Waals surface area contributed by atoms with Crippen LogP contribution in [0.5, 0.6) is 11.5 Å². The Balaban J connectivity index is 1.50. The monoisotopic (exact) mass is 416 g/mol. The van der Waals surface area contributed by atoms with Gasteiger partial charge in [-0.25, -0.2) is 0 Å². The van der Waals surface area contributed by atoms with Gasteiger partial charge in [0, 0.05) is 32.9 Å². The van der Waals surface area contributed by atoms with E-state index in [4.69, 9.17) is 9.47 Å². The summed E-state index contributed by atoms with van der Waals surface area (Å²) < 4.78 is 13.2. The Kier molecular flexibility index (Phi) is 8.54. The van der Waals surface area contributed by atoms with E-state index in [0.717, 1.165) is 38.2 Å². The lowest BCUT2D eigenvalue weighted by atomic mass is 10.1. The predicted molar refractivity (Wildman–Crippen MR) is 118 cm³/mol. The first-order valence-corrected chi connectivity index (χ1v) is 10.9. The molecule has 7 heteroatoms. The molecule has 1 fully saturated rings. The van der Waals surface area contributed by atoms with Crippen molar-refractivity contribution >= 4 is 0 Å². The number of piperidine rings is 1. The van der Waals surface area contributed by atoms with Gasteiger partial charge in [0.2, 0.25) is 0 Å². The number of aliphatic hydroxyl groups is 1. The molecule has 166 valence electrons. The lowest BCUT2D eigenvalue weighted by Gasteiger charge is -2.28. The van der Waals surface area contributed by atoms with Crippen LogP contribution in [-0.4, -0.2) is 77.7 Å². The lowest BCUT2D eigenvalue weighted by molar-refractivity contribution is 0.0608. The van der Waals surface area contributed by atoms with Crippen LogP contribution in [0.2, 0.25) is 0 Å². The minimum Gasteiger partial charge on any atom is -0.493 e. The second-order valence-corrected chi connectivity index (χ2v) is 8.32. The maximum absolute atomic E-state index is 10.4. The Labute approximate surface area is 180 Å².